The molecule has 9 nitrogen and oxygen atoms in total. The number of carbonyl (C=O) groups is 4. The van der Waals surface area contributed by atoms with E-state index in [9.17, 15) is 19.2 Å². The van der Waals surface area contributed by atoms with E-state index >= 15 is 0 Å². The number of carbonyl (C=O) groups excluding carboxylic acids is 4. The molecule has 0 aliphatic rings. The molecule has 0 unspecified atom stereocenters. The SMILES string of the molecule is C=CC(=O)OCCCOc1ccc(C(=O)O/C(C=C)=C/C=C(\C)OC(=O)c2ccc(NC(C)=O)cc2)cc1.CC. The quantitative estimate of drug-likeness (QED) is 0.0789. The largest absolute Gasteiger partial charge is 0.493 e. The monoisotopic (exact) mass is 549 g/mol. The molecular formula is C31H35NO8. The van der Waals surface area contributed by atoms with Gasteiger partial charge in [-0.25, -0.2) is 14.4 Å². The number of esters is 3. The Kier molecular flexibility index (Phi) is 15.2. The molecule has 2 rings (SSSR count). The molecule has 0 aliphatic carbocycles. The van der Waals surface area contributed by atoms with E-state index in [2.05, 4.69) is 18.5 Å². The van der Waals surface area contributed by atoms with Crippen molar-refractivity contribution in [2.45, 2.75) is 34.1 Å². The second-order valence-corrected chi connectivity index (χ2v) is 7.69. The summed E-state index contributed by atoms with van der Waals surface area (Å²) in [6.07, 6.45) is 5.86. The van der Waals surface area contributed by atoms with Crippen molar-refractivity contribution in [2.24, 2.45) is 0 Å². The fourth-order valence-electron chi connectivity index (χ4n) is 2.81. The third-order valence-corrected chi connectivity index (χ3v) is 4.65. The minimum atomic E-state index is -0.610. The first-order chi connectivity index (χ1) is 19.2. The zero-order valence-electron chi connectivity index (χ0n) is 23.2. The van der Waals surface area contributed by atoms with Gasteiger partial charge < -0.3 is 24.3 Å². The van der Waals surface area contributed by atoms with Crippen LogP contribution in [0.15, 0.2) is 97.5 Å². The Bertz CT molecular complexity index is 1220. The molecular weight excluding hydrogens is 514 g/mol. The summed E-state index contributed by atoms with van der Waals surface area (Å²) < 4.78 is 21.0. The van der Waals surface area contributed by atoms with E-state index in [0.29, 0.717) is 35.6 Å². The van der Waals surface area contributed by atoms with Gasteiger partial charge in [0, 0.05) is 25.1 Å². The predicted octanol–water partition coefficient (Wildman–Crippen LogP) is 6.16. The van der Waals surface area contributed by atoms with E-state index in [4.69, 9.17) is 18.9 Å². The molecule has 1 N–H and O–H groups in total. The van der Waals surface area contributed by atoms with Crippen LogP contribution >= 0.6 is 0 Å². The molecule has 0 aliphatic heterocycles. The fraction of sp³-hybridized carbons (Fsp3) is 0.226. The highest BCUT2D eigenvalue weighted by Gasteiger charge is 2.10. The Morgan fingerprint density at radius 3 is 1.90 bits per heavy atom. The minimum Gasteiger partial charge on any atom is -0.493 e. The summed E-state index contributed by atoms with van der Waals surface area (Å²) >= 11 is 0. The first-order valence-electron chi connectivity index (χ1n) is 12.6. The number of amides is 1. The van der Waals surface area contributed by atoms with Gasteiger partial charge in [0.2, 0.25) is 5.91 Å². The molecule has 0 saturated heterocycles. The molecule has 0 heterocycles. The van der Waals surface area contributed by atoms with Crippen LogP contribution < -0.4 is 10.1 Å². The van der Waals surface area contributed by atoms with Crippen LogP contribution in [-0.2, 0) is 23.8 Å². The number of hydrogen-bond donors (Lipinski definition) is 1. The molecule has 0 bridgehead atoms. The molecule has 0 fully saturated rings. The van der Waals surface area contributed by atoms with Crippen LogP contribution in [0.1, 0.15) is 54.8 Å². The predicted molar refractivity (Wildman–Crippen MR) is 153 cm³/mol. The van der Waals surface area contributed by atoms with Gasteiger partial charge in [-0.1, -0.05) is 27.0 Å². The maximum Gasteiger partial charge on any atom is 0.343 e. The highest BCUT2D eigenvalue weighted by Crippen LogP contribution is 2.16. The summed E-state index contributed by atoms with van der Waals surface area (Å²) in [5, 5.41) is 2.61. The fourth-order valence-corrected chi connectivity index (χ4v) is 2.81. The molecule has 0 radical (unpaired) electrons. The molecule has 9 heteroatoms. The van der Waals surface area contributed by atoms with E-state index in [0.717, 1.165) is 6.08 Å². The summed E-state index contributed by atoms with van der Waals surface area (Å²) in [5.41, 5.74) is 1.15. The number of rotatable bonds is 13. The van der Waals surface area contributed by atoms with Crippen LogP contribution in [-0.4, -0.2) is 37.0 Å². The molecule has 0 spiro atoms. The van der Waals surface area contributed by atoms with E-state index < -0.39 is 17.9 Å². The van der Waals surface area contributed by atoms with Gasteiger partial charge >= 0.3 is 17.9 Å². The molecule has 40 heavy (non-hydrogen) atoms. The van der Waals surface area contributed by atoms with E-state index in [1.165, 1.54) is 37.3 Å². The van der Waals surface area contributed by atoms with E-state index in [1.807, 2.05) is 13.8 Å². The minimum absolute atomic E-state index is 0.152. The van der Waals surface area contributed by atoms with E-state index in [1.54, 1.807) is 43.3 Å². The Labute approximate surface area is 234 Å². The topological polar surface area (TPSA) is 117 Å². The van der Waals surface area contributed by atoms with Crippen molar-refractivity contribution in [2.75, 3.05) is 18.5 Å². The molecule has 0 atom stereocenters. The average molecular weight is 550 g/mol. The van der Waals surface area contributed by atoms with Crippen molar-refractivity contribution < 1.29 is 38.1 Å². The van der Waals surface area contributed by atoms with Crippen LogP contribution in [0, 0.1) is 0 Å². The lowest BCUT2D eigenvalue weighted by Gasteiger charge is -2.08. The second kappa shape index (κ2) is 18.4. The van der Waals surface area contributed by atoms with Gasteiger partial charge in [0.15, 0.2) is 0 Å². The first-order valence-corrected chi connectivity index (χ1v) is 12.6. The molecule has 1 amide bonds. The summed E-state index contributed by atoms with van der Waals surface area (Å²) in [4.78, 5) is 46.9. The smallest absolute Gasteiger partial charge is 0.343 e. The van der Waals surface area contributed by atoms with Crippen molar-refractivity contribution in [3.8, 4) is 5.75 Å². The lowest BCUT2D eigenvalue weighted by atomic mass is 10.2. The number of ether oxygens (including phenoxy) is 4. The zero-order valence-corrected chi connectivity index (χ0v) is 23.2. The second-order valence-electron chi connectivity index (χ2n) is 7.69. The van der Waals surface area contributed by atoms with Gasteiger partial charge in [-0.15, -0.1) is 0 Å². The maximum absolute atomic E-state index is 12.5. The van der Waals surface area contributed by atoms with Crippen molar-refractivity contribution in [3.63, 3.8) is 0 Å². The van der Waals surface area contributed by atoms with Gasteiger partial charge in [0.05, 0.1) is 24.3 Å². The standard InChI is InChI=1S/C29H29NO8.C2H6/c1-5-25(15-8-20(3)37-28(33)22-9-13-24(14-10-22)30-21(4)31)38-29(34)23-11-16-26(17-12-23)35-18-7-19-36-27(32)6-2;1-2/h5-6,8-17H,1-2,7,18-19H2,3-4H3,(H,30,31);1-2H3/b20-8+,25-15+;. The lowest BCUT2D eigenvalue weighted by molar-refractivity contribution is -0.138. The third kappa shape index (κ3) is 12.6. The first kappa shape index (κ1) is 33.1. The Morgan fingerprint density at radius 1 is 0.775 bits per heavy atom. The number of benzene rings is 2. The molecule has 2 aromatic carbocycles. The van der Waals surface area contributed by atoms with Gasteiger partial charge in [0.25, 0.3) is 0 Å². The maximum atomic E-state index is 12.5. The highest BCUT2D eigenvalue weighted by atomic mass is 16.5. The Balaban J connectivity index is 0.00000391. The van der Waals surface area contributed by atoms with Crippen molar-refractivity contribution in [1.82, 2.24) is 0 Å². The molecule has 2 aromatic rings. The molecule has 0 saturated carbocycles. The zero-order chi connectivity index (χ0) is 29.9. The molecule has 0 aromatic heterocycles. The van der Waals surface area contributed by atoms with E-state index in [-0.39, 0.29) is 24.0 Å². The van der Waals surface area contributed by atoms with Crippen LogP contribution in [0.25, 0.3) is 0 Å². The van der Waals surface area contributed by atoms with Crippen LogP contribution in [0.4, 0.5) is 5.69 Å². The third-order valence-electron chi connectivity index (χ3n) is 4.65. The van der Waals surface area contributed by atoms with Crippen molar-refractivity contribution >= 4 is 29.5 Å². The molecule has 212 valence electrons. The lowest BCUT2D eigenvalue weighted by Crippen LogP contribution is -2.07. The summed E-state index contributed by atoms with van der Waals surface area (Å²) in [7, 11) is 0. The van der Waals surface area contributed by atoms with Crippen LogP contribution in [0.5, 0.6) is 5.75 Å². The summed E-state index contributed by atoms with van der Waals surface area (Å²) in [6.45, 7) is 14.5. The van der Waals surface area contributed by atoms with Gasteiger partial charge in [-0.2, -0.15) is 0 Å². The van der Waals surface area contributed by atoms with Gasteiger partial charge in [-0.05, 0) is 73.7 Å². The average Bonchev–Trinajstić information content (AvgIpc) is 2.96. The highest BCUT2D eigenvalue weighted by molar-refractivity contribution is 5.92. The normalized spacial score (nSPS) is 10.7. The van der Waals surface area contributed by atoms with Crippen molar-refractivity contribution in [3.05, 3.63) is 109 Å². The van der Waals surface area contributed by atoms with Crippen LogP contribution in [0.2, 0.25) is 0 Å². The number of anilines is 1. The number of hydrogen-bond acceptors (Lipinski definition) is 8. The van der Waals surface area contributed by atoms with Crippen molar-refractivity contribution in [1.29, 1.82) is 0 Å². The van der Waals surface area contributed by atoms with Crippen LogP contribution in [0.3, 0.4) is 0 Å². The summed E-state index contributed by atoms with van der Waals surface area (Å²) in [6, 6.07) is 12.6. The van der Waals surface area contributed by atoms with Gasteiger partial charge in [0.1, 0.15) is 17.3 Å². The number of allylic oxidation sites excluding steroid dienone is 4. The summed E-state index contributed by atoms with van der Waals surface area (Å²) in [5.74, 6) is -0.940. The van der Waals surface area contributed by atoms with Gasteiger partial charge in [-0.3, -0.25) is 4.79 Å². The Hall–Kier alpha value is -4.92. The number of nitrogens with one attached hydrogen (secondary N) is 1. The Morgan fingerprint density at radius 2 is 1.35 bits per heavy atom.